The van der Waals surface area contributed by atoms with Crippen LogP contribution in [0.2, 0.25) is 5.02 Å². The van der Waals surface area contributed by atoms with Crippen molar-refractivity contribution in [3.63, 3.8) is 0 Å². The molecule has 1 heterocycles. The van der Waals surface area contributed by atoms with Crippen molar-refractivity contribution in [3.8, 4) is 23.0 Å². The summed E-state index contributed by atoms with van der Waals surface area (Å²) in [4.78, 5) is 12.4. The molecule has 3 aromatic rings. The average Bonchev–Trinajstić information content (AvgIpc) is 3.18. The van der Waals surface area contributed by atoms with E-state index in [2.05, 4.69) is 10.2 Å². The van der Waals surface area contributed by atoms with Gasteiger partial charge in [-0.15, -0.1) is 10.2 Å². The SMILES string of the molecule is COc1ccc(-c2nnc(C(C)OC(=O)c3cc(Cl)ccc3OC)o2)cc1. The van der Waals surface area contributed by atoms with Gasteiger partial charge in [-0.25, -0.2) is 4.79 Å². The monoisotopic (exact) mass is 388 g/mol. The Labute approximate surface area is 160 Å². The van der Waals surface area contributed by atoms with Crippen LogP contribution in [-0.4, -0.2) is 30.4 Å². The van der Waals surface area contributed by atoms with Crippen LogP contribution in [0.4, 0.5) is 0 Å². The van der Waals surface area contributed by atoms with E-state index in [1.54, 1.807) is 50.4 Å². The van der Waals surface area contributed by atoms with E-state index in [9.17, 15) is 4.79 Å². The average molecular weight is 389 g/mol. The van der Waals surface area contributed by atoms with Gasteiger partial charge in [0, 0.05) is 10.6 Å². The number of rotatable bonds is 6. The fourth-order valence-corrected chi connectivity index (χ4v) is 2.54. The first-order valence-corrected chi connectivity index (χ1v) is 8.42. The second kappa shape index (κ2) is 8.09. The highest BCUT2D eigenvalue weighted by Gasteiger charge is 2.22. The predicted molar refractivity (Wildman–Crippen MR) is 98.1 cm³/mol. The van der Waals surface area contributed by atoms with E-state index in [0.29, 0.717) is 16.7 Å². The fraction of sp³-hybridized carbons (Fsp3) is 0.211. The molecule has 1 atom stereocenters. The summed E-state index contributed by atoms with van der Waals surface area (Å²) in [6.45, 7) is 1.64. The lowest BCUT2D eigenvalue weighted by Crippen LogP contribution is -2.11. The van der Waals surface area contributed by atoms with Crippen LogP contribution in [0.1, 0.15) is 29.3 Å². The van der Waals surface area contributed by atoms with Crippen LogP contribution in [-0.2, 0) is 4.74 Å². The van der Waals surface area contributed by atoms with Crippen molar-refractivity contribution < 1.29 is 23.4 Å². The molecule has 0 fully saturated rings. The Morgan fingerprint density at radius 1 is 1.07 bits per heavy atom. The van der Waals surface area contributed by atoms with E-state index in [1.165, 1.54) is 13.2 Å². The highest BCUT2D eigenvalue weighted by molar-refractivity contribution is 6.31. The molecule has 27 heavy (non-hydrogen) atoms. The van der Waals surface area contributed by atoms with Crippen molar-refractivity contribution in [2.24, 2.45) is 0 Å². The molecule has 2 aromatic carbocycles. The summed E-state index contributed by atoms with van der Waals surface area (Å²) >= 11 is 5.95. The van der Waals surface area contributed by atoms with Gasteiger partial charge in [0.15, 0.2) is 6.10 Å². The molecular formula is C19H17ClN2O5. The molecule has 0 N–H and O–H groups in total. The zero-order chi connectivity index (χ0) is 19.4. The first-order chi connectivity index (χ1) is 13.0. The topological polar surface area (TPSA) is 83.7 Å². The van der Waals surface area contributed by atoms with Gasteiger partial charge >= 0.3 is 5.97 Å². The number of halogens is 1. The van der Waals surface area contributed by atoms with Gasteiger partial charge in [0.25, 0.3) is 5.89 Å². The molecule has 0 aliphatic rings. The number of nitrogens with zero attached hydrogens (tertiary/aromatic N) is 2. The smallest absolute Gasteiger partial charge is 0.342 e. The molecule has 0 spiro atoms. The molecular weight excluding hydrogens is 372 g/mol. The Kier molecular flexibility index (Phi) is 5.61. The zero-order valence-corrected chi connectivity index (χ0v) is 15.7. The van der Waals surface area contributed by atoms with Gasteiger partial charge in [-0.05, 0) is 49.4 Å². The van der Waals surface area contributed by atoms with Crippen LogP contribution in [0.5, 0.6) is 11.5 Å². The lowest BCUT2D eigenvalue weighted by molar-refractivity contribution is 0.0276. The largest absolute Gasteiger partial charge is 0.497 e. The Bertz CT molecular complexity index is 940. The summed E-state index contributed by atoms with van der Waals surface area (Å²) in [7, 11) is 3.05. The highest BCUT2D eigenvalue weighted by Crippen LogP contribution is 2.27. The van der Waals surface area contributed by atoms with Gasteiger partial charge in [-0.2, -0.15) is 0 Å². The maximum Gasteiger partial charge on any atom is 0.342 e. The number of ether oxygens (including phenoxy) is 3. The maximum atomic E-state index is 12.4. The lowest BCUT2D eigenvalue weighted by atomic mass is 10.2. The lowest BCUT2D eigenvalue weighted by Gasteiger charge is -2.12. The third-order valence-corrected chi connectivity index (χ3v) is 4.03. The van der Waals surface area contributed by atoms with Gasteiger partial charge in [-0.3, -0.25) is 0 Å². The molecule has 1 unspecified atom stereocenters. The minimum Gasteiger partial charge on any atom is -0.497 e. The number of aromatic nitrogens is 2. The van der Waals surface area contributed by atoms with Gasteiger partial charge in [-0.1, -0.05) is 11.6 Å². The summed E-state index contributed by atoms with van der Waals surface area (Å²) in [5, 5.41) is 8.35. The Balaban J connectivity index is 1.75. The fourth-order valence-electron chi connectivity index (χ4n) is 2.36. The maximum absolute atomic E-state index is 12.4. The summed E-state index contributed by atoms with van der Waals surface area (Å²) in [6, 6.07) is 11.9. The van der Waals surface area contributed by atoms with E-state index in [-0.39, 0.29) is 11.5 Å². The molecule has 0 aliphatic carbocycles. The van der Waals surface area contributed by atoms with Crippen molar-refractivity contribution in [2.75, 3.05) is 14.2 Å². The normalized spacial score (nSPS) is 11.7. The molecule has 3 rings (SSSR count). The van der Waals surface area contributed by atoms with Gasteiger partial charge in [0.05, 0.1) is 14.2 Å². The number of hydrogen-bond acceptors (Lipinski definition) is 7. The van der Waals surface area contributed by atoms with Crippen LogP contribution in [0, 0.1) is 0 Å². The van der Waals surface area contributed by atoms with Crippen molar-refractivity contribution in [2.45, 2.75) is 13.0 Å². The van der Waals surface area contributed by atoms with E-state index in [0.717, 1.165) is 11.3 Å². The van der Waals surface area contributed by atoms with E-state index >= 15 is 0 Å². The number of methoxy groups -OCH3 is 2. The molecule has 140 valence electrons. The molecule has 0 saturated heterocycles. The summed E-state index contributed by atoms with van der Waals surface area (Å²) in [6.07, 6.45) is -0.749. The molecule has 0 bridgehead atoms. The molecule has 8 heteroatoms. The first kappa shape index (κ1) is 18.7. The van der Waals surface area contributed by atoms with Crippen molar-refractivity contribution >= 4 is 17.6 Å². The Hall–Kier alpha value is -3.06. The van der Waals surface area contributed by atoms with Crippen molar-refractivity contribution in [1.82, 2.24) is 10.2 Å². The number of hydrogen-bond donors (Lipinski definition) is 0. The van der Waals surface area contributed by atoms with Crippen LogP contribution >= 0.6 is 11.6 Å². The molecule has 0 saturated carbocycles. The summed E-state index contributed by atoms with van der Waals surface area (Å²) < 4.78 is 21.3. The summed E-state index contributed by atoms with van der Waals surface area (Å²) in [5.74, 6) is 0.967. The van der Waals surface area contributed by atoms with Gasteiger partial charge < -0.3 is 18.6 Å². The molecule has 0 aliphatic heterocycles. The predicted octanol–water partition coefficient (Wildman–Crippen LogP) is 4.33. The second-order valence-electron chi connectivity index (χ2n) is 5.57. The van der Waals surface area contributed by atoms with Crippen molar-refractivity contribution in [1.29, 1.82) is 0 Å². The number of esters is 1. The standard InChI is InChI=1S/C19H17ClN2O5/c1-11(26-19(23)15-10-13(20)6-9-16(15)25-3)17-21-22-18(27-17)12-4-7-14(24-2)8-5-12/h4-11H,1-3H3. The minimum absolute atomic E-state index is 0.176. The van der Waals surface area contributed by atoms with Gasteiger partial charge in [0.2, 0.25) is 5.89 Å². The van der Waals surface area contributed by atoms with Crippen LogP contribution < -0.4 is 9.47 Å². The van der Waals surface area contributed by atoms with Crippen LogP contribution in [0.15, 0.2) is 46.9 Å². The minimum atomic E-state index is -0.749. The third-order valence-electron chi connectivity index (χ3n) is 3.79. The Morgan fingerprint density at radius 2 is 1.81 bits per heavy atom. The van der Waals surface area contributed by atoms with E-state index in [1.807, 2.05) is 0 Å². The number of carbonyl (C=O) groups is 1. The van der Waals surface area contributed by atoms with Crippen LogP contribution in [0.25, 0.3) is 11.5 Å². The number of benzene rings is 2. The van der Waals surface area contributed by atoms with E-state index in [4.69, 9.17) is 30.2 Å². The molecule has 7 nitrogen and oxygen atoms in total. The van der Waals surface area contributed by atoms with Crippen LogP contribution in [0.3, 0.4) is 0 Å². The Morgan fingerprint density at radius 3 is 2.48 bits per heavy atom. The zero-order valence-electron chi connectivity index (χ0n) is 14.9. The first-order valence-electron chi connectivity index (χ1n) is 8.04. The highest BCUT2D eigenvalue weighted by atomic mass is 35.5. The molecule has 1 aromatic heterocycles. The number of carbonyl (C=O) groups excluding carboxylic acids is 1. The van der Waals surface area contributed by atoms with Gasteiger partial charge in [0.1, 0.15) is 17.1 Å². The quantitative estimate of drug-likeness (QED) is 0.581. The second-order valence-corrected chi connectivity index (χ2v) is 6.00. The van der Waals surface area contributed by atoms with Crippen molar-refractivity contribution in [3.05, 3.63) is 58.9 Å². The summed E-state index contributed by atoms with van der Waals surface area (Å²) in [5.41, 5.74) is 0.941. The molecule has 0 radical (unpaired) electrons. The van der Waals surface area contributed by atoms with E-state index < -0.39 is 12.1 Å². The third kappa shape index (κ3) is 4.20. The molecule has 0 amide bonds.